The van der Waals surface area contributed by atoms with Crippen LogP contribution in [0.15, 0.2) is 83.8 Å². The molecule has 1 aliphatic rings. The fourth-order valence-corrected chi connectivity index (χ4v) is 4.56. The number of benzene rings is 3. The molecule has 154 valence electrons. The first-order chi connectivity index (χ1) is 15.1. The molecule has 0 fully saturated rings. The van der Waals surface area contributed by atoms with Crippen molar-refractivity contribution in [2.45, 2.75) is 24.2 Å². The van der Waals surface area contributed by atoms with E-state index < -0.39 is 0 Å². The molecule has 5 heteroatoms. The van der Waals surface area contributed by atoms with E-state index in [4.69, 9.17) is 5.10 Å². The van der Waals surface area contributed by atoms with Crippen LogP contribution in [0, 0.1) is 6.92 Å². The summed E-state index contributed by atoms with van der Waals surface area (Å²) < 4.78 is 1.87. The van der Waals surface area contributed by atoms with E-state index in [2.05, 4.69) is 67.0 Å². The van der Waals surface area contributed by atoms with Gasteiger partial charge in [0.05, 0.1) is 11.4 Å². The van der Waals surface area contributed by atoms with Gasteiger partial charge in [-0.3, -0.25) is 4.79 Å². The average molecular weight is 426 g/mol. The number of aryl methyl sites for hydroxylation is 1. The van der Waals surface area contributed by atoms with Crippen LogP contribution in [0.3, 0.4) is 0 Å². The maximum absolute atomic E-state index is 12.8. The van der Waals surface area contributed by atoms with E-state index in [1.165, 1.54) is 10.5 Å². The smallest absolute Gasteiger partial charge is 0.226 e. The Morgan fingerprint density at radius 2 is 1.68 bits per heavy atom. The molecule has 4 aromatic rings. The quantitative estimate of drug-likeness (QED) is 0.405. The number of hydrogen-bond donors (Lipinski definition) is 1. The highest BCUT2D eigenvalue weighted by Crippen LogP contribution is 2.44. The summed E-state index contributed by atoms with van der Waals surface area (Å²) in [6.45, 7) is 2.06. The molecule has 1 aliphatic heterocycles. The number of rotatable bonds is 4. The van der Waals surface area contributed by atoms with E-state index in [1.54, 1.807) is 11.8 Å². The molecule has 1 unspecified atom stereocenters. The van der Waals surface area contributed by atoms with E-state index in [0.717, 1.165) is 33.9 Å². The molecule has 0 aliphatic carbocycles. The first-order valence-electron chi connectivity index (χ1n) is 10.3. The number of hydrogen-bond acceptors (Lipinski definition) is 3. The molecular formula is C26H23N3OS. The van der Waals surface area contributed by atoms with Crippen LogP contribution in [-0.2, 0) is 4.79 Å². The number of nitrogens with zero attached hydrogens (tertiary/aromatic N) is 2. The lowest BCUT2D eigenvalue weighted by atomic mass is 9.84. The van der Waals surface area contributed by atoms with Crippen LogP contribution in [0.25, 0.3) is 16.9 Å². The summed E-state index contributed by atoms with van der Waals surface area (Å²) in [5.41, 5.74) is 6.28. The highest BCUT2D eigenvalue weighted by atomic mass is 32.2. The zero-order valence-corrected chi connectivity index (χ0v) is 18.3. The van der Waals surface area contributed by atoms with Gasteiger partial charge in [0.25, 0.3) is 0 Å². The van der Waals surface area contributed by atoms with Gasteiger partial charge in [-0.1, -0.05) is 60.2 Å². The number of carbonyl (C=O) groups excluding carboxylic acids is 1. The van der Waals surface area contributed by atoms with Gasteiger partial charge >= 0.3 is 0 Å². The molecule has 0 radical (unpaired) electrons. The first kappa shape index (κ1) is 19.6. The Morgan fingerprint density at radius 1 is 0.968 bits per heavy atom. The fraction of sp³-hybridized carbons (Fsp3) is 0.154. The molecule has 0 spiro atoms. The first-order valence-corrected chi connectivity index (χ1v) is 11.6. The summed E-state index contributed by atoms with van der Waals surface area (Å²) in [6, 6.07) is 26.9. The van der Waals surface area contributed by atoms with Crippen LogP contribution < -0.4 is 5.32 Å². The standard InChI is InChI=1S/C26H23N3OS/c1-17-8-12-20(13-9-17)29-26-24(25(28-29)19-6-4-3-5-7-19)22(16-23(30)27-26)18-10-14-21(31-2)15-11-18/h3-15,22H,16H2,1-2H3,(H,27,30). The van der Waals surface area contributed by atoms with E-state index in [1.807, 2.05) is 35.0 Å². The lowest BCUT2D eigenvalue weighted by molar-refractivity contribution is -0.116. The molecule has 0 saturated heterocycles. The van der Waals surface area contributed by atoms with Gasteiger partial charge in [0, 0.05) is 28.4 Å². The zero-order chi connectivity index (χ0) is 21.4. The van der Waals surface area contributed by atoms with Crippen LogP contribution in [0.1, 0.15) is 29.0 Å². The third-order valence-corrected chi connectivity index (χ3v) is 6.51. The Labute approximate surface area is 186 Å². The van der Waals surface area contributed by atoms with E-state index >= 15 is 0 Å². The predicted octanol–water partition coefficient (Wildman–Crippen LogP) is 6.04. The van der Waals surface area contributed by atoms with Crippen LogP contribution in [-0.4, -0.2) is 21.9 Å². The lowest BCUT2D eigenvalue weighted by Crippen LogP contribution is -2.24. The van der Waals surface area contributed by atoms with E-state index in [-0.39, 0.29) is 11.8 Å². The van der Waals surface area contributed by atoms with Crippen molar-refractivity contribution in [1.82, 2.24) is 9.78 Å². The second-order valence-corrected chi connectivity index (χ2v) is 8.68. The maximum Gasteiger partial charge on any atom is 0.226 e. The van der Waals surface area contributed by atoms with Gasteiger partial charge in [-0.25, -0.2) is 4.68 Å². The summed E-state index contributed by atoms with van der Waals surface area (Å²) in [7, 11) is 0. The van der Waals surface area contributed by atoms with Crippen molar-refractivity contribution in [2.75, 3.05) is 11.6 Å². The molecule has 1 amide bonds. The molecule has 1 atom stereocenters. The van der Waals surface area contributed by atoms with Crippen molar-refractivity contribution >= 4 is 23.5 Å². The third-order valence-electron chi connectivity index (χ3n) is 5.76. The predicted molar refractivity (Wildman–Crippen MR) is 127 cm³/mol. The highest BCUT2D eigenvalue weighted by Gasteiger charge is 2.34. The average Bonchev–Trinajstić information content (AvgIpc) is 3.19. The molecular weight excluding hydrogens is 402 g/mol. The number of anilines is 1. The summed E-state index contributed by atoms with van der Waals surface area (Å²) in [6.07, 6.45) is 2.48. The Bertz CT molecular complexity index is 1230. The Balaban J connectivity index is 1.73. The van der Waals surface area contributed by atoms with Crippen molar-refractivity contribution in [1.29, 1.82) is 0 Å². The van der Waals surface area contributed by atoms with Gasteiger partial charge in [0.15, 0.2) is 0 Å². The van der Waals surface area contributed by atoms with Gasteiger partial charge in [-0.2, -0.15) is 5.10 Å². The molecule has 3 aromatic carbocycles. The summed E-state index contributed by atoms with van der Waals surface area (Å²) in [4.78, 5) is 14.0. The SMILES string of the molecule is CSc1ccc(C2CC(=O)Nc3c2c(-c2ccccc2)nn3-c2ccc(C)cc2)cc1. The molecule has 1 N–H and O–H groups in total. The topological polar surface area (TPSA) is 46.9 Å². The largest absolute Gasteiger partial charge is 0.310 e. The van der Waals surface area contributed by atoms with Crippen LogP contribution in [0.2, 0.25) is 0 Å². The second-order valence-electron chi connectivity index (χ2n) is 7.80. The minimum absolute atomic E-state index is 0.0133. The van der Waals surface area contributed by atoms with Crippen molar-refractivity contribution < 1.29 is 4.79 Å². The van der Waals surface area contributed by atoms with Gasteiger partial charge in [0.2, 0.25) is 5.91 Å². The Morgan fingerprint density at radius 3 is 2.35 bits per heavy atom. The normalized spacial score (nSPS) is 15.4. The van der Waals surface area contributed by atoms with E-state index in [9.17, 15) is 4.79 Å². The highest BCUT2D eigenvalue weighted by molar-refractivity contribution is 7.98. The number of carbonyl (C=O) groups is 1. The minimum atomic E-state index is -0.0472. The second kappa shape index (κ2) is 8.08. The third kappa shape index (κ3) is 3.66. The maximum atomic E-state index is 12.8. The molecule has 0 saturated carbocycles. The summed E-state index contributed by atoms with van der Waals surface area (Å²) >= 11 is 1.72. The number of fused-ring (bicyclic) bond motifs is 1. The molecule has 2 heterocycles. The lowest BCUT2D eigenvalue weighted by Gasteiger charge is -2.25. The fourth-order valence-electron chi connectivity index (χ4n) is 4.15. The number of thioether (sulfide) groups is 1. The number of aromatic nitrogens is 2. The molecule has 1 aromatic heterocycles. The summed E-state index contributed by atoms with van der Waals surface area (Å²) in [5.74, 6) is 0.728. The number of amides is 1. The van der Waals surface area contributed by atoms with Crippen LogP contribution in [0.4, 0.5) is 5.82 Å². The van der Waals surface area contributed by atoms with Crippen molar-refractivity contribution in [3.05, 3.63) is 95.6 Å². The van der Waals surface area contributed by atoms with Crippen molar-refractivity contribution in [3.63, 3.8) is 0 Å². The summed E-state index contributed by atoms with van der Waals surface area (Å²) in [5, 5.41) is 8.12. The monoisotopic (exact) mass is 425 g/mol. The van der Waals surface area contributed by atoms with E-state index in [0.29, 0.717) is 6.42 Å². The zero-order valence-electron chi connectivity index (χ0n) is 17.5. The molecule has 5 rings (SSSR count). The Kier molecular flexibility index (Phi) is 5.12. The molecule has 4 nitrogen and oxygen atoms in total. The minimum Gasteiger partial charge on any atom is -0.310 e. The number of nitrogens with one attached hydrogen (secondary N) is 1. The van der Waals surface area contributed by atoms with Gasteiger partial charge in [-0.15, -0.1) is 11.8 Å². The van der Waals surface area contributed by atoms with Crippen LogP contribution >= 0.6 is 11.8 Å². The van der Waals surface area contributed by atoms with Crippen LogP contribution in [0.5, 0.6) is 0 Å². The molecule has 0 bridgehead atoms. The van der Waals surface area contributed by atoms with Gasteiger partial charge < -0.3 is 5.32 Å². The van der Waals surface area contributed by atoms with Gasteiger partial charge in [0.1, 0.15) is 5.82 Å². The molecule has 31 heavy (non-hydrogen) atoms. The van der Waals surface area contributed by atoms with Crippen molar-refractivity contribution in [2.24, 2.45) is 0 Å². The Hall–Kier alpha value is -3.31. The van der Waals surface area contributed by atoms with Gasteiger partial charge in [-0.05, 0) is 43.0 Å². The van der Waals surface area contributed by atoms with Crippen molar-refractivity contribution in [3.8, 4) is 16.9 Å².